The van der Waals surface area contributed by atoms with Crippen molar-refractivity contribution in [2.45, 2.75) is 26.7 Å². The normalized spacial score (nSPS) is 24.3. The highest BCUT2D eigenvalue weighted by atomic mass is 16.2. The molecule has 1 amide bonds. The Balaban J connectivity index is 1.52. The third kappa shape index (κ3) is 3.05. The van der Waals surface area contributed by atoms with Gasteiger partial charge < -0.3 is 10.6 Å². The first-order chi connectivity index (χ1) is 12.8. The van der Waals surface area contributed by atoms with Crippen LogP contribution < -0.4 is 5.73 Å². The molecule has 1 aromatic heterocycles. The van der Waals surface area contributed by atoms with Gasteiger partial charge in [-0.3, -0.25) is 9.59 Å². The predicted octanol–water partition coefficient (Wildman–Crippen LogP) is 2.55. The van der Waals surface area contributed by atoms with Gasteiger partial charge in [-0.1, -0.05) is 13.8 Å². The molecule has 6 heteroatoms. The quantitative estimate of drug-likeness (QED) is 0.888. The number of ketones is 1. The minimum Gasteiger partial charge on any atom is -0.396 e. The first kappa shape index (κ1) is 17.5. The van der Waals surface area contributed by atoms with Gasteiger partial charge in [0.1, 0.15) is 0 Å². The van der Waals surface area contributed by atoms with Gasteiger partial charge in [-0.25, -0.2) is 4.68 Å². The Labute approximate surface area is 158 Å². The van der Waals surface area contributed by atoms with Crippen molar-refractivity contribution in [3.8, 4) is 5.69 Å². The number of aromatic nitrogens is 2. The molecule has 0 saturated carbocycles. The molecule has 1 aliphatic heterocycles. The Morgan fingerprint density at radius 2 is 1.96 bits per heavy atom. The lowest BCUT2D eigenvalue weighted by molar-refractivity contribution is -0.125. The molecule has 140 valence electrons. The van der Waals surface area contributed by atoms with Gasteiger partial charge in [0.05, 0.1) is 11.4 Å². The van der Waals surface area contributed by atoms with E-state index >= 15 is 0 Å². The van der Waals surface area contributed by atoms with Crippen molar-refractivity contribution in [3.63, 3.8) is 0 Å². The highest BCUT2D eigenvalue weighted by molar-refractivity contribution is 6.00. The fourth-order valence-electron chi connectivity index (χ4n) is 4.49. The standard InChI is InChI=1S/C21H24N4O2/c1-20(2)13-21(12-17(22)18(20)26)8-11-24(14-21)19(27)15-4-6-16(7-5-15)25-10-3-9-23-25/h3-7,9-10,12H,8,11,13-14,22H2,1-2H3/t21-/m1/s1. The summed E-state index contributed by atoms with van der Waals surface area (Å²) in [5.74, 6) is 0.0210. The van der Waals surface area contributed by atoms with E-state index in [9.17, 15) is 9.59 Å². The molecule has 2 N–H and O–H groups in total. The molecule has 0 radical (unpaired) electrons. The Kier molecular flexibility index (Phi) is 3.94. The third-order valence-electron chi connectivity index (χ3n) is 5.69. The van der Waals surface area contributed by atoms with Crippen molar-refractivity contribution in [2.75, 3.05) is 13.1 Å². The summed E-state index contributed by atoms with van der Waals surface area (Å²) in [5, 5.41) is 4.20. The molecule has 1 spiro atoms. The summed E-state index contributed by atoms with van der Waals surface area (Å²) in [5.41, 5.74) is 7.23. The number of rotatable bonds is 2. The van der Waals surface area contributed by atoms with Crippen LogP contribution in [0.5, 0.6) is 0 Å². The highest BCUT2D eigenvalue weighted by Crippen LogP contribution is 2.47. The van der Waals surface area contributed by atoms with E-state index in [1.54, 1.807) is 10.9 Å². The second-order valence-corrected chi connectivity index (χ2v) is 8.33. The van der Waals surface area contributed by atoms with E-state index in [4.69, 9.17) is 5.73 Å². The molecule has 1 atom stereocenters. The van der Waals surface area contributed by atoms with Gasteiger partial charge in [0, 0.05) is 41.9 Å². The zero-order chi connectivity index (χ0) is 19.2. The number of carbonyl (C=O) groups excluding carboxylic acids is 2. The maximum absolute atomic E-state index is 13.0. The smallest absolute Gasteiger partial charge is 0.253 e. The number of nitrogens with two attached hydrogens (primary N) is 1. The summed E-state index contributed by atoms with van der Waals surface area (Å²) < 4.78 is 1.76. The first-order valence-corrected chi connectivity index (χ1v) is 9.22. The average Bonchev–Trinajstić information content (AvgIpc) is 3.30. The Bertz CT molecular complexity index is 912. The molecule has 4 rings (SSSR count). The van der Waals surface area contributed by atoms with Crippen LogP contribution in [0.25, 0.3) is 5.69 Å². The number of likely N-dealkylation sites (tertiary alicyclic amines) is 1. The van der Waals surface area contributed by atoms with Crippen molar-refractivity contribution >= 4 is 11.7 Å². The third-order valence-corrected chi connectivity index (χ3v) is 5.69. The van der Waals surface area contributed by atoms with Crippen molar-refractivity contribution in [3.05, 3.63) is 60.1 Å². The number of amides is 1. The molecule has 1 aromatic carbocycles. The summed E-state index contributed by atoms with van der Waals surface area (Å²) >= 11 is 0. The topological polar surface area (TPSA) is 81.2 Å². The van der Waals surface area contributed by atoms with E-state index in [-0.39, 0.29) is 17.1 Å². The fraction of sp³-hybridized carbons (Fsp3) is 0.381. The SMILES string of the molecule is CC1(C)C[C@]2(C=C(N)C1=O)CCN(C(=O)c1ccc(-n3cccn3)cc1)C2. The summed E-state index contributed by atoms with van der Waals surface area (Å²) in [6, 6.07) is 9.32. The monoisotopic (exact) mass is 364 g/mol. The van der Waals surface area contributed by atoms with Crippen LogP contribution in [0.1, 0.15) is 37.0 Å². The summed E-state index contributed by atoms with van der Waals surface area (Å²) in [6.45, 7) is 5.16. The molecule has 6 nitrogen and oxygen atoms in total. The van der Waals surface area contributed by atoms with Gasteiger partial charge in [-0.15, -0.1) is 0 Å². The fourth-order valence-corrected chi connectivity index (χ4v) is 4.49. The number of nitrogens with zero attached hydrogens (tertiary/aromatic N) is 3. The zero-order valence-corrected chi connectivity index (χ0v) is 15.7. The number of benzene rings is 1. The lowest BCUT2D eigenvalue weighted by Gasteiger charge is -2.39. The molecular formula is C21H24N4O2. The van der Waals surface area contributed by atoms with E-state index in [0.717, 1.165) is 18.5 Å². The molecule has 1 fully saturated rings. The van der Waals surface area contributed by atoms with Crippen molar-refractivity contribution in [1.29, 1.82) is 0 Å². The second kappa shape index (κ2) is 6.08. The van der Waals surface area contributed by atoms with Crippen molar-refractivity contribution in [1.82, 2.24) is 14.7 Å². The molecule has 1 saturated heterocycles. The molecular weight excluding hydrogens is 340 g/mol. The number of hydrogen-bond acceptors (Lipinski definition) is 4. The van der Waals surface area contributed by atoms with E-state index < -0.39 is 5.41 Å². The highest BCUT2D eigenvalue weighted by Gasteiger charge is 2.48. The van der Waals surface area contributed by atoms with Gasteiger partial charge in [0.2, 0.25) is 0 Å². The van der Waals surface area contributed by atoms with Gasteiger partial charge in [0.25, 0.3) is 5.91 Å². The largest absolute Gasteiger partial charge is 0.396 e. The molecule has 2 heterocycles. The number of Topliss-reactive ketones (excluding diaryl/α,β-unsaturated/α-hetero) is 1. The maximum atomic E-state index is 13.0. The van der Waals surface area contributed by atoms with Crippen LogP contribution in [0.3, 0.4) is 0 Å². The van der Waals surface area contributed by atoms with Gasteiger partial charge in [-0.2, -0.15) is 5.10 Å². The van der Waals surface area contributed by atoms with Crippen LogP contribution in [0.15, 0.2) is 54.5 Å². The summed E-state index contributed by atoms with van der Waals surface area (Å²) in [6.07, 6.45) is 7.04. The Morgan fingerprint density at radius 1 is 1.22 bits per heavy atom. The Hall–Kier alpha value is -2.89. The van der Waals surface area contributed by atoms with E-state index in [0.29, 0.717) is 24.4 Å². The number of hydrogen-bond donors (Lipinski definition) is 1. The predicted molar refractivity (Wildman–Crippen MR) is 102 cm³/mol. The first-order valence-electron chi connectivity index (χ1n) is 9.22. The number of carbonyl (C=O) groups is 2. The lowest BCUT2D eigenvalue weighted by atomic mass is 9.65. The molecule has 2 aliphatic rings. The Morgan fingerprint density at radius 3 is 2.59 bits per heavy atom. The van der Waals surface area contributed by atoms with Gasteiger partial charge in [0.15, 0.2) is 5.78 Å². The zero-order valence-electron chi connectivity index (χ0n) is 15.7. The van der Waals surface area contributed by atoms with Crippen molar-refractivity contribution in [2.24, 2.45) is 16.6 Å². The van der Waals surface area contributed by atoms with Crippen LogP contribution in [0.2, 0.25) is 0 Å². The minimum atomic E-state index is -0.483. The molecule has 27 heavy (non-hydrogen) atoms. The van der Waals surface area contributed by atoms with E-state index in [1.807, 2.05) is 61.4 Å². The second-order valence-electron chi connectivity index (χ2n) is 8.33. The lowest BCUT2D eigenvalue weighted by Crippen LogP contribution is -2.42. The van der Waals surface area contributed by atoms with E-state index in [2.05, 4.69) is 5.10 Å². The van der Waals surface area contributed by atoms with Crippen LogP contribution >= 0.6 is 0 Å². The van der Waals surface area contributed by atoms with Crippen LogP contribution in [-0.2, 0) is 4.79 Å². The molecule has 0 bridgehead atoms. The average molecular weight is 364 g/mol. The van der Waals surface area contributed by atoms with Crippen LogP contribution in [-0.4, -0.2) is 39.5 Å². The van der Waals surface area contributed by atoms with Crippen molar-refractivity contribution < 1.29 is 9.59 Å². The van der Waals surface area contributed by atoms with Crippen LogP contribution in [0.4, 0.5) is 0 Å². The summed E-state index contributed by atoms with van der Waals surface area (Å²) in [4.78, 5) is 27.1. The maximum Gasteiger partial charge on any atom is 0.253 e. The van der Waals surface area contributed by atoms with Crippen LogP contribution in [0, 0.1) is 10.8 Å². The van der Waals surface area contributed by atoms with Gasteiger partial charge >= 0.3 is 0 Å². The molecule has 1 aliphatic carbocycles. The summed E-state index contributed by atoms with van der Waals surface area (Å²) in [7, 11) is 0. The number of allylic oxidation sites excluding steroid dienone is 1. The minimum absolute atomic E-state index is 0.00658. The van der Waals surface area contributed by atoms with E-state index in [1.165, 1.54) is 0 Å². The molecule has 2 aromatic rings. The molecule has 0 unspecified atom stereocenters. The van der Waals surface area contributed by atoms with Gasteiger partial charge in [-0.05, 0) is 49.2 Å².